The summed E-state index contributed by atoms with van der Waals surface area (Å²) in [4.78, 5) is 17.7. The third-order valence-corrected chi connectivity index (χ3v) is 3.76. The summed E-state index contributed by atoms with van der Waals surface area (Å²) in [6.07, 6.45) is 5.07. The van der Waals surface area contributed by atoms with Gasteiger partial charge in [0.15, 0.2) is 5.96 Å². The van der Waals surface area contributed by atoms with Crippen molar-refractivity contribution in [1.29, 1.82) is 0 Å². The first-order valence-electron chi connectivity index (χ1n) is 7.76. The summed E-state index contributed by atoms with van der Waals surface area (Å²) in [6.45, 7) is 7.34. The van der Waals surface area contributed by atoms with Gasteiger partial charge in [0.1, 0.15) is 0 Å². The number of nitrogens with one attached hydrogen (secondary N) is 1. The Morgan fingerprint density at radius 3 is 2.76 bits per heavy atom. The lowest BCUT2D eigenvalue weighted by Gasteiger charge is -2.34. The van der Waals surface area contributed by atoms with Crippen LogP contribution in [-0.4, -0.2) is 43.4 Å². The minimum atomic E-state index is -0.197. The van der Waals surface area contributed by atoms with Gasteiger partial charge in [0.25, 0.3) is 0 Å². The van der Waals surface area contributed by atoms with Crippen molar-refractivity contribution in [3.8, 4) is 0 Å². The Balaban J connectivity index is 0.00000400. The Morgan fingerprint density at radius 1 is 1.48 bits per heavy atom. The van der Waals surface area contributed by atoms with Crippen molar-refractivity contribution in [1.82, 2.24) is 10.2 Å². The number of halogens is 1. The molecule has 0 aromatic carbocycles. The number of likely N-dealkylation sites (tertiary alicyclic amines) is 1. The van der Waals surface area contributed by atoms with Crippen molar-refractivity contribution < 1.29 is 4.79 Å². The number of hydrogen-bond acceptors (Lipinski definition) is 2. The Bertz CT molecular complexity index is 334. The molecule has 1 fully saturated rings. The molecule has 1 aliphatic rings. The van der Waals surface area contributed by atoms with E-state index in [4.69, 9.17) is 5.73 Å². The number of carbonyl (C=O) groups is 1. The maximum absolute atomic E-state index is 11.0. The van der Waals surface area contributed by atoms with Crippen molar-refractivity contribution >= 4 is 35.8 Å². The van der Waals surface area contributed by atoms with Crippen molar-refractivity contribution in [3.63, 3.8) is 0 Å². The van der Waals surface area contributed by atoms with Crippen LogP contribution >= 0.6 is 24.0 Å². The largest absolute Gasteiger partial charge is 0.370 e. The molecule has 1 amide bonds. The maximum Gasteiger partial charge on any atom is 0.217 e. The van der Waals surface area contributed by atoms with Gasteiger partial charge < -0.3 is 16.0 Å². The maximum atomic E-state index is 11.0. The predicted molar refractivity (Wildman–Crippen MR) is 99.0 cm³/mol. The van der Waals surface area contributed by atoms with Gasteiger partial charge >= 0.3 is 0 Å². The van der Waals surface area contributed by atoms with E-state index in [0.29, 0.717) is 12.3 Å². The Hall–Kier alpha value is -0.530. The first-order valence-corrected chi connectivity index (χ1v) is 7.76. The molecule has 0 spiro atoms. The van der Waals surface area contributed by atoms with Crippen LogP contribution in [0, 0.1) is 11.8 Å². The van der Waals surface area contributed by atoms with E-state index in [1.54, 1.807) is 0 Å². The molecule has 1 heterocycles. The molecular weight excluding hydrogens is 379 g/mol. The molecule has 0 bridgehead atoms. The van der Waals surface area contributed by atoms with E-state index in [1.807, 2.05) is 7.05 Å². The molecule has 0 radical (unpaired) electrons. The van der Waals surface area contributed by atoms with Gasteiger partial charge in [-0.15, -0.1) is 24.0 Å². The SMILES string of the molecule is CN=C(NCCCC(C)C)N1CCCC(CC(N)=O)C1.I. The van der Waals surface area contributed by atoms with Crippen molar-refractivity contribution in [2.24, 2.45) is 22.6 Å². The molecule has 6 heteroatoms. The first-order chi connectivity index (χ1) is 9.52. The second-order valence-corrected chi connectivity index (χ2v) is 6.13. The second kappa shape index (κ2) is 11.1. The van der Waals surface area contributed by atoms with E-state index >= 15 is 0 Å². The van der Waals surface area contributed by atoms with Crippen LogP contribution in [0.4, 0.5) is 0 Å². The number of aliphatic imine (C=N–C) groups is 1. The smallest absolute Gasteiger partial charge is 0.217 e. The molecule has 1 saturated heterocycles. The Kier molecular flexibility index (Phi) is 10.8. The predicted octanol–water partition coefficient (Wildman–Crippen LogP) is 2.20. The van der Waals surface area contributed by atoms with E-state index < -0.39 is 0 Å². The van der Waals surface area contributed by atoms with Gasteiger partial charge in [-0.25, -0.2) is 0 Å². The Labute approximate surface area is 146 Å². The summed E-state index contributed by atoms with van der Waals surface area (Å²) >= 11 is 0. The molecular formula is C15H31IN4O. The number of hydrogen-bond donors (Lipinski definition) is 2. The first kappa shape index (κ1) is 20.5. The lowest BCUT2D eigenvalue weighted by molar-refractivity contribution is -0.119. The van der Waals surface area contributed by atoms with Crippen LogP contribution in [-0.2, 0) is 4.79 Å². The molecule has 0 aromatic rings. The number of nitrogens with zero attached hydrogens (tertiary/aromatic N) is 2. The molecule has 1 unspecified atom stereocenters. The number of amides is 1. The topological polar surface area (TPSA) is 70.7 Å². The van der Waals surface area contributed by atoms with Gasteiger partial charge in [0.05, 0.1) is 0 Å². The van der Waals surface area contributed by atoms with Crippen LogP contribution in [0.1, 0.15) is 46.0 Å². The Morgan fingerprint density at radius 2 is 2.19 bits per heavy atom. The van der Waals surface area contributed by atoms with E-state index in [0.717, 1.165) is 50.8 Å². The number of nitrogens with two attached hydrogens (primary N) is 1. The van der Waals surface area contributed by atoms with Crippen LogP contribution in [0.25, 0.3) is 0 Å². The molecule has 0 saturated carbocycles. The minimum absolute atomic E-state index is 0. The van der Waals surface area contributed by atoms with Crippen LogP contribution in [0.3, 0.4) is 0 Å². The number of primary amides is 1. The summed E-state index contributed by atoms with van der Waals surface area (Å²) in [5.74, 6) is 1.88. The number of piperidine rings is 1. The zero-order chi connectivity index (χ0) is 15.0. The fraction of sp³-hybridized carbons (Fsp3) is 0.867. The summed E-state index contributed by atoms with van der Waals surface area (Å²) in [6, 6.07) is 0. The highest BCUT2D eigenvalue weighted by Gasteiger charge is 2.23. The molecule has 1 aliphatic heterocycles. The zero-order valence-corrected chi connectivity index (χ0v) is 15.9. The third-order valence-electron chi connectivity index (χ3n) is 3.76. The fourth-order valence-corrected chi connectivity index (χ4v) is 2.75. The number of carbonyl (C=O) groups excluding carboxylic acids is 1. The van der Waals surface area contributed by atoms with E-state index in [9.17, 15) is 4.79 Å². The highest BCUT2D eigenvalue weighted by molar-refractivity contribution is 14.0. The van der Waals surface area contributed by atoms with E-state index in [1.165, 1.54) is 6.42 Å². The van der Waals surface area contributed by atoms with E-state index in [2.05, 4.69) is 29.1 Å². The standard InChI is InChI=1S/C15H30N4O.HI/c1-12(2)6-4-8-18-15(17-3)19-9-5-7-13(11-19)10-14(16)20;/h12-13H,4-11H2,1-3H3,(H2,16,20)(H,17,18);1H. The minimum Gasteiger partial charge on any atom is -0.370 e. The van der Waals surface area contributed by atoms with Crippen LogP contribution in [0.5, 0.6) is 0 Å². The van der Waals surface area contributed by atoms with Gasteiger partial charge in [-0.3, -0.25) is 9.79 Å². The fourth-order valence-electron chi connectivity index (χ4n) is 2.75. The lowest BCUT2D eigenvalue weighted by atomic mass is 9.95. The normalized spacial score (nSPS) is 19.3. The van der Waals surface area contributed by atoms with Crippen molar-refractivity contribution in [2.75, 3.05) is 26.7 Å². The van der Waals surface area contributed by atoms with Crippen LogP contribution in [0.15, 0.2) is 4.99 Å². The van der Waals surface area contributed by atoms with Gasteiger partial charge in [0, 0.05) is 33.1 Å². The molecule has 5 nitrogen and oxygen atoms in total. The van der Waals surface area contributed by atoms with Crippen molar-refractivity contribution in [3.05, 3.63) is 0 Å². The molecule has 0 aromatic heterocycles. The van der Waals surface area contributed by atoms with Crippen LogP contribution in [0.2, 0.25) is 0 Å². The van der Waals surface area contributed by atoms with Crippen LogP contribution < -0.4 is 11.1 Å². The van der Waals surface area contributed by atoms with E-state index in [-0.39, 0.29) is 29.9 Å². The van der Waals surface area contributed by atoms with Gasteiger partial charge in [-0.05, 0) is 37.5 Å². The van der Waals surface area contributed by atoms with Gasteiger partial charge in [-0.1, -0.05) is 13.8 Å². The van der Waals surface area contributed by atoms with Gasteiger partial charge in [-0.2, -0.15) is 0 Å². The van der Waals surface area contributed by atoms with Gasteiger partial charge in [0.2, 0.25) is 5.91 Å². The highest BCUT2D eigenvalue weighted by Crippen LogP contribution is 2.19. The summed E-state index contributed by atoms with van der Waals surface area (Å²) in [7, 11) is 1.82. The number of rotatable bonds is 6. The lowest BCUT2D eigenvalue weighted by Crippen LogP contribution is -2.47. The molecule has 3 N–H and O–H groups in total. The highest BCUT2D eigenvalue weighted by atomic mass is 127. The average Bonchev–Trinajstić information content (AvgIpc) is 2.38. The average molecular weight is 410 g/mol. The molecule has 1 rings (SSSR count). The quantitative estimate of drug-likeness (QED) is 0.305. The van der Waals surface area contributed by atoms with Crippen molar-refractivity contribution in [2.45, 2.75) is 46.0 Å². The third kappa shape index (κ3) is 8.48. The summed E-state index contributed by atoms with van der Waals surface area (Å²) < 4.78 is 0. The molecule has 0 aliphatic carbocycles. The number of guanidine groups is 1. The molecule has 21 heavy (non-hydrogen) atoms. The second-order valence-electron chi connectivity index (χ2n) is 6.13. The zero-order valence-electron chi connectivity index (χ0n) is 13.6. The molecule has 1 atom stereocenters. The molecule has 124 valence electrons. The summed E-state index contributed by atoms with van der Waals surface area (Å²) in [5, 5.41) is 3.43. The summed E-state index contributed by atoms with van der Waals surface area (Å²) in [5.41, 5.74) is 5.30. The monoisotopic (exact) mass is 410 g/mol.